The Morgan fingerprint density at radius 3 is 2.65 bits per heavy atom. The molecular weight excluding hydrogens is 293 g/mol. The molecule has 0 aliphatic rings. The Morgan fingerprint density at radius 2 is 1.95 bits per heavy atom. The Labute approximate surface area is 128 Å². The van der Waals surface area contributed by atoms with Crippen molar-refractivity contribution in [2.45, 2.75) is 20.3 Å². The van der Waals surface area contributed by atoms with Crippen molar-refractivity contribution in [2.75, 3.05) is 5.32 Å². The van der Waals surface area contributed by atoms with Crippen LogP contribution in [0, 0.1) is 6.92 Å². The van der Waals surface area contributed by atoms with Gasteiger partial charge in [-0.15, -0.1) is 0 Å². The predicted octanol–water partition coefficient (Wildman–Crippen LogP) is 5.12. The molecule has 0 saturated heterocycles. The first-order valence-electron chi connectivity index (χ1n) is 6.37. The number of carbonyl (C=O) groups excluding carboxylic acids is 1. The molecule has 2 rings (SSSR count). The van der Waals surface area contributed by atoms with E-state index in [1.807, 2.05) is 24.3 Å². The van der Waals surface area contributed by atoms with Crippen molar-refractivity contribution in [3.63, 3.8) is 0 Å². The van der Waals surface area contributed by atoms with E-state index >= 15 is 0 Å². The zero-order valence-corrected chi connectivity index (χ0v) is 12.8. The number of rotatable bonds is 3. The van der Waals surface area contributed by atoms with Crippen molar-refractivity contribution >= 4 is 34.8 Å². The number of nitrogens with one attached hydrogen (secondary N) is 1. The van der Waals surface area contributed by atoms with Gasteiger partial charge in [-0.1, -0.05) is 42.3 Å². The fourth-order valence-electron chi connectivity index (χ4n) is 1.95. The van der Waals surface area contributed by atoms with Gasteiger partial charge in [0.1, 0.15) is 0 Å². The van der Waals surface area contributed by atoms with Crippen LogP contribution in [0.2, 0.25) is 10.0 Å². The first kappa shape index (κ1) is 14.9. The fourth-order valence-corrected chi connectivity index (χ4v) is 2.44. The molecule has 0 aliphatic carbocycles. The van der Waals surface area contributed by atoms with E-state index in [1.54, 1.807) is 19.1 Å². The lowest BCUT2D eigenvalue weighted by Gasteiger charge is -2.10. The van der Waals surface area contributed by atoms with Gasteiger partial charge in [0.25, 0.3) is 5.91 Å². The minimum atomic E-state index is -0.208. The minimum absolute atomic E-state index is 0.208. The molecule has 0 fully saturated rings. The van der Waals surface area contributed by atoms with E-state index in [9.17, 15) is 4.79 Å². The van der Waals surface area contributed by atoms with Crippen LogP contribution in [0.25, 0.3) is 0 Å². The summed E-state index contributed by atoms with van der Waals surface area (Å²) in [5, 5.41) is 3.81. The van der Waals surface area contributed by atoms with E-state index in [0.29, 0.717) is 15.6 Å². The van der Waals surface area contributed by atoms with Gasteiger partial charge in [-0.05, 0) is 48.7 Å². The lowest BCUT2D eigenvalue weighted by molar-refractivity contribution is 0.102. The van der Waals surface area contributed by atoms with E-state index in [4.69, 9.17) is 23.2 Å². The highest BCUT2D eigenvalue weighted by Gasteiger charge is 2.13. The Bertz CT molecular complexity index is 653. The van der Waals surface area contributed by atoms with E-state index < -0.39 is 0 Å². The fraction of sp³-hybridized carbons (Fsp3) is 0.188. The van der Waals surface area contributed by atoms with Gasteiger partial charge >= 0.3 is 0 Å². The molecular formula is C16H15Cl2NO. The number of hydrogen-bond acceptors (Lipinski definition) is 1. The monoisotopic (exact) mass is 307 g/mol. The van der Waals surface area contributed by atoms with Crippen molar-refractivity contribution in [3.8, 4) is 0 Å². The molecule has 0 spiro atoms. The molecule has 2 aromatic rings. The summed E-state index contributed by atoms with van der Waals surface area (Å²) in [6.07, 6.45) is 0.922. The maximum atomic E-state index is 12.3. The summed E-state index contributed by atoms with van der Waals surface area (Å²) in [5.41, 5.74) is 3.15. The van der Waals surface area contributed by atoms with E-state index in [0.717, 1.165) is 17.7 Å². The lowest BCUT2D eigenvalue weighted by atomic mass is 10.1. The van der Waals surface area contributed by atoms with Crippen LogP contribution in [0.5, 0.6) is 0 Å². The molecule has 0 bridgehead atoms. The topological polar surface area (TPSA) is 29.1 Å². The molecule has 0 unspecified atom stereocenters. The Kier molecular flexibility index (Phi) is 4.69. The van der Waals surface area contributed by atoms with Crippen LogP contribution in [-0.2, 0) is 6.42 Å². The zero-order valence-electron chi connectivity index (χ0n) is 11.3. The molecule has 104 valence electrons. The van der Waals surface area contributed by atoms with Crippen molar-refractivity contribution < 1.29 is 4.79 Å². The number of hydrogen-bond donors (Lipinski definition) is 1. The van der Waals surface area contributed by atoms with Crippen molar-refractivity contribution in [1.29, 1.82) is 0 Å². The summed E-state index contributed by atoms with van der Waals surface area (Å²) < 4.78 is 0. The first-order chi connectivity index (χ1) is 9.51. The number of aryl methyl sites for hydroxylation is 1. The van der Waals surface area contributed by atoms with Gasteiger partial charge < -0.3 is 5.32 Å². The summed E-state index contributed by atoms with van der Waals surface area (Å²) in [5.74, 6) is -0.208. The Hall–Kier alpha value is -1.51. The average Bonchev–Trinajstić information content (AvgIpc) is 2.43. The largest absolute Gasteiger partial charge is 0.322 e. The third-order valence-electron chi connectivity index (χ3n) is 3.15. The minimum Gasteiger partial charge on any atom is -0.322 e. The van der Waals surface area contributed by atoms with Gasteiger partial charge in [-0.3, -0.25) is 4.79 Å². The van der Waals surface area contributed by atoms with Crippen LogP contribution < -0.4 is 5.32 Å². The van der Waals surface area contributed by atoms with Gasteiger partial charge in [0.15, 0.2) is 0 Å². The number of carbonyl (C=O) groups is 1. The third kappa shape index (κ3) is 3.33. The van der Waals surface area contributed by atoms with Gasteiger partial charge in [0, 0.05) is 21.3 Å². The van der Waals surface area contributed by atoms with Crippen molar-refractivity contribution in [3.05, 3.63) is 63.1 Å². The van der Waals surface area contributed by atoms with Crippen LogP contribution in [-0.4, -0.2) is 5.91 Å². The van der Waals surface area contributed by atoms with Gasteiger partial charge in [0.05, 0.1) is 0 Å². The van der Waals surface area contributed by atoms with Crippen LogP contribution in [0.1, 0.15) is 28.4 Å². The number of halogens is 2. The molecule has 0 radical (unpaired) electrons. The van der Waals surface area contributed by atoms with Gasteiger partial charge in [0.2, 0.25) is 0 Å². The summed E-state index contributed by atoms with van der Waals surface area (Å²) in [7, 11) is 0. The van der Waals surface area contributed by atoms with Crippen molar-refractivity contribution in [2.24, 2.45) is 0 Å². The Balaban J connectivity index is 2.28. The van der Waals surface area contributed by atoms with Crippen LogP contribution in [0.3, 0.4) is 0 Å². The second-order valence-electron chi connectivity index (χ2n) is 4.57. The average molecular weight is 308 g/mol. The van der Waals surface area contributed by atoms with Crippen LogP contribution in [0.4, 0.5) is 5.69 Å². The van der Waals surface area contributed by atoms with E-state index in [2.05, 4.69) is 12.2 Å². The summed E-state index contributed by atoms with van der Waals surface area (Å²) >= 11 is 12.0. The lowest BCUT2D eigenvalue weighted by Crippen LogP contribution is -2.13. The molecule has 1 amide bonds. The number of amides is 1. The molecule has 2 aromatic carbocycles. The smallest absolute Gasteiger partial charge is 0.256 e. The Morgan fingerprint density at radius 1 is 1.20 bits per heavy atom. The van der Waals surface area contributed by atoms with Gasteiger partial charge in [-0.25, -0.2) is 0 Å². The van der Waals surface area contributed by atoms with Crippen LogP contribution in [0.15, 0.2) is 36.4 Å². The van der Waals surface area contributed by atoms with E-state index in [-0.39, 0.29) is 5.91 Å². The van der Waals surface area contributed by atoms with E-state index in [1.165, 1.54) is 5.56 Å². The summed E-state index contributed by atoms with van der Waals surface area (Å²) in [6.45, 7) is 3.87. The van der Waals surface area contributed by atoms with Gasteiger partial charge in [-0.2, -0.15) is 0 Å². The molecule has 1 N–H and O–H groups in total. The third-order valence-corrected chi connectivity index (χ3v) is 3.76. The molecule has 0 aliphatic heterocycles. The maximum absolute atomic E-state index is 12.3. The summed E-state index contributed by atoms with van der Waals surface area (Å²) in [6, 6.07) is 11.0. The highest BCUT2D eigenvalue weighted by Crippen LogP contribution is 2.25. The second-order valence-corrected chi connectivity index (χ2v) is 5.41. The number of anilines is 1. The molecule has 20 heavy (non-hydrogen) atoms. The highest BCUT2D eigenvalue weighted by atomic mass is 35.5. The van der Waals surface area contributed by atoms with Crippen molar-refractivity contribution in [1.82, 2.24) is 0 Å². The maximum Gasteiger partial charge on any atom is 0.256 e. The molecule has 2 nitrogen and oxygen atoms in total. The second kappa shape index (κ2) is 6.29. The van der Waals surface area contributed by atoms with Crippen LogP contribution >= 0.6 is 23.2 Å². The normalized spacial score (nSPS) is 10.4. The summed E-state index contributed by atoms with van der Waals surface area (Å²) in [4.78, 5) is 12.3. The molecule has 4 heteroatoms. The zero-order chi connectivity index (χ0) is 14.7. The standard InChI is InChI=1S/C16H15Cl2NO/c1-3-11-5-4-6-13(7-11)19-16(20)14-8-12(17)9-15(18)10(14)2/h4-9H,3H2,1-2H3,(H,19,20). The molecule has 0 heterocycles. The molecule has 0 saturated carbocycles. The molecule has 0 aromatic heterocycles. The highest BCUT2D eigenvalue weighted by molar-refractivity contribution is 6.36. The quantitative estimate of drug-likeness (QED) is 0.838. The molecule has 0 atom stereocenters. The first-order valence-corrected chi connectivity index (χ1v) is 7.12. The SMILES string of the molecule is CCc1cccc(NC(=O)c2cc(Cl)cc(Cl)c2C)c1. The number of benzene rings is 2. The predicted molar refractivity (Wildman–Crippen MR) is 85.0 cm³/mol.